The number of aliphatic carboxylic acids is 1. The molecule has 6 heteroatoms. The van der Waals surface area contributed by atoms with E-state index in [-0.39, 0.29) is 18.0 Å². The second kappa shape index (κ2) is 6.35. The number of piperidine rings is 1. The highest BCUT2D eigenvalue weighted by Gasteiger charge is 2.30. The molecule has 0 aromatic heterocycles. The molecule has 1 fully saturated rings. The summed E-state index contributed by atoms with van der Waals surface area (Å²) in [6.07, 6.45) is 2.27. The van der Waals surface area contributed by atoms with Gasteiger partial charge in [0, 0.05) is 17.1 Å². The van der Waals surface area contributed by atoms with Gasteiger partial charge in [-0.2, -0.15) is 0 Å². The Bertz CT molecular complexity index is 535. The molecule has 4 nitrogen and oxygen atoms in total. The van der Waals surface area contributed by atoms with Crippen molar-refractivity contribution in [3.8, 4) is 0 Å². The summed E-state index contributed by atoms with van der Waals surface area (Å²) in [4.78, 5) is 24.8. The summed E-state index contributed by atoms with van der Waals surface area (Å²) in [5.41, 5.74) is -0.00881. The number of likely N-dealkylation sites (tertiary alicyclic amines) is 1. The van der Waals surface area contributed by atoms with Crippen molar-refractivity contribution in [2.24, 2.45) is 0 Å². The average molecular weight is 344 g/mol. The zero-order chi connectivity index (χ0) is 14.7. The van der Waals surface area contributed by atoms with E-state index in [1.165, 1.54) is 17.0 Å². The van der Waals surface area contributed by atoms with Crippen molar-refractivity contribution in [1.82, 2.24) is 4.90 Å². The Morgan fingerprint density at radius 3 is 2.80 bits per heavy atom. The van der Waals surface area contributed by atoms with Crippen molar-refractivity contribution in [3.05, 3.63) is 34.1 Å². The Hall–Kier alpha value is -1.43. The molecule has 1 unspecified atom stereocenters. The van der Waals surface area contributed by atoms with E-state index in [0.717, 1.165) is 12.8 Å². The largest absolute Gasteiger partial charge is 0.481 e. The number of halogens is 2. The van der Waals surface area contributed by atoms with Crippen LogP contribution in [0.2, 0.25) is 0 Å². The number of hydrogen-bond donors (Lipinski definition) is 1. The number of amides is 1. The SMILES string of the molecule is O=C(O)CC1CCCCN1C(=O)c1ccc(Br)cc1F. The maximum absolute atomic E-state index is 13.9. The molecule has 2 rings (SSSR count). The van der Waals surface area contributed by atoms with Gasteiger partial charge in [0.15, 0.2) is 0 Å². The van der Waals surface area contributed by atoms with Crippen molar-refractivity contribution in [2.75, 3.05) is 6.54 Å². The van der Waals surface area contributed by atoms with Crippen LogP contribution in [0.5, 0.6) is 0 Å². The Balaban J connectivity index is 2.22. The number of carbonyl (C=O) groups excluding carboxylic acids is 1. The van der Waals surface area contributed by atoms with Gasteiger partial charge in [-0.3, -0.25) is 9.59 Å². The predicted molar refractivity (Wildman–Crippen MR) is 75.0 cm³/mol. The van der Waals surface area contributed by atoms with Gasteiger partial charge >= 0.3 is 5.97 Å². The summed E-state index contributed by atoms with van der Waals surface area (Å²) in [5.74, 6) is -1.96. The van der Waals surface area contributed by atoms with E-state index in [2.05, 4.69) is 15.9 Å². The van der Waals surface area contributed by atoms with Gasteiger partial charge in [-0.1, -0.05) is 15.9 Å². The molecule has 0 radical (unpaired) electrons. The molecule has 1 saturated heterocycles. The summed E-state index contributed by atoms with van der Waals surface area (Å²) in [6.45, 7) is 0.478. The molecule has 1 N–H and O–H groups in total. The van der Waals surface area contributed by atoms with Gasteiger partial charge < -0.3 is 10.0 Å². The highest BCUT2D eigenvalue weighted by atomic mass is 79.9. The molecule has 1 amide bonds. The first kappa shape index (κ1) is 15.0. The molecule has 20 heavy (non-hydrogen) atoms. The standard InChI is InChI=1S/C14H15BrFNO3/c15-9-4-5-11(12(16)7-9)14(20)17-6-2-1-3-10(17)8-13(18)19/h4-5,7,10H,1-3,6,8H2,(H,18,19). The summed E-state index contributed by atoms with van der Waals surface area (Å²) in [5, 5.41) is 8.91. The maximum atomic E-state index is 13.9. The molecule has 1 heterocycles. The van der Waals surface area contributed by atoms with Crippen molar-refractivity contribution in [2.45, 2.75) is 31.7 Å². The van der Waals surface area contributed by atoms with Crippen LogP contribution in [-0.4, -0.2) is 34.5 Å². The number of carbonyl (C=O) groups is 2. The fourth-order valence-electron chi connectivity index (χ4n) is 2.50. The summed E-state index contributed by atoms with van der Waals surface area (Å²) < 4.78 is 14.4. The summed E-state index contributed by atoms with van der Waals surface area (Å²) >= 11 is 3.14. The van der Waals surface area contributed by atoms with Crippen LogP contribution in [0.3, 0.4) is 0 Å². The second-order valence-electron chi connectivity index (χ2n) is 4.87. The molecular weight excluding hydrogens is 329 g/mol. The molecule has 1 aromatic rings. The number of carboxylic acids is 1. The molecule has 0 aliphatic carbocycles. The van der Waals surface area contributed by atoms with Crippen LogP contribution in [0.15, 0.2) is 22.7 Å². The van der Waals surface area contributed by atoms with Gasteiger partial charge in [0.25, 0.3) is 5.91 Å². The lowest BCUT2D eigenvalue weighted by Crippen LogP contribution is -2.45. The highest BCUT2D eigenvalue weighted by Crippen LogP contribution is 2.24. The van der Waals surface area contributed by atoms with Crippen molar-refractivity contribution in [3.63, 3.8) is 0 Å². The molecule has 0 bridgehead atoms. The Morgan fingerprint density at radius 1 is 1.40 bits per heavy atom. The summed E-state index contributed by atoms with van der Waals surface area (Å²) in [6, 6.07) is 3.92. The first-order chi connectivity index (χ1) is 9.49. The third-order valence-electron chi connectivity index (χ3n) is 3.46. The van der Waals surface area contributed by atoms with Crippen LogP contribution in [0.25, 0.3) is 0 Å². The number of hydrogen-bond acceptors (Lipinski definition) is 2. The molecule has 1 aliphatic rings. The zero-order valence-electron chi connectivity index (χ0n) is 10.8. The number of benzene rings is 1. The maximum Gasteiger partial charge on any atom is 0.305 e. The van der Waals surface area contributed by atoms with Crippen LogP contribution in [0.4, 0.5) is 4.39 Å². The van der Waals surface area contributed by atoms with Gasteiger partial charge in [-0.05, 0) is 37.5 Å². The third-order valence-corrected chi connectivity index (χ3v) is 3.95. The number of nitrogens with zero attached hydrogens (tertiary/aromatic N) is 1. The van der Waals surface area contributed by atoms with Crippen LogP contribution in [-0.2, 0) is 4.79 Å². The van der Waals surface area contributed by atoms with E-state index in [1.54, 1.807) is 6.07 Å². The lowest BCUT2D eigenvalue weighted by molar-refractivity contribution is -0.138. The average Bonchev–Trinajstić information content (AvgIpc) is 2.38. The highest BCUT2D eigenvalue weighted by molar-refractivity contribution is 9.10. The smallest absolute Gasteiger partial charge is 0.305 e. The Kier molecular flexibility index (Phi) is 4.75. The lowest BCUT2D eigenvalue weighted by Gasteiger charge is -2.35. The van der Waals surface area contributed by atoms with Gasteiger partial charge in [0.2, 0.25) is 0 Å². The third kappa shape index (κ3) is 3.36. The minimum atomic E-state index is -0.939. The van der Waals surface area contributed by atoms with Gasteiger partial charge in [0.1, 0.15) is 5.82 Å². The summed E-state index contributed by atoms with van der Waals surface area (Å²) in [7, 11) is 0. The van der Waals surface area contributed by atoms with Crippen LogP contribution in [0, 0.1) is 5.82 Å². The molecule has 1 aromatic carbocycles. The van der Waals surface area contributed by atoms with E-state index in [0.29, 0.717) is 17.4 Å². The number of rotatable bonds is 3. The van der Waals surface area contributed by atoms with Crippen LogP contribution < -0.4 is 0 Å². The molecule has 0 spiro atoms. The zero-order valence-corrected chi connectivity index (χ0v) is 12.4. The molecule has 1 aliphatic heterocycles. The van der Waals surface area contributed by atoms with E-state index in [9.17, 15) is 14.0 Å². The number of carboxylic acid groups (broad SMARTS) is 1. The van der Waals surface area contributed by atoms with Crippen molar-refractivity contribution >= 4 is 27.8 Å². The monoisotopic (exact) mass is 343 g/mol. The fraction of sp³-hybridized carbons (Fsp3) is 0.429. The van der Waals surface area contributed by atoms with E-state index in [1.807, 2.05) is 0 Å². The molecule has 108 valence electrons. The topological polar surface area (TPSA) is 57.6 Å². The van der Waals surface area contributed by atoms with Crippen molar-refractivity contribution in [1.29, 1.82) is 0 Å². The molecule has 1 atom stereocenters. The van der Waals surface area contributed by atoms with Crippen molar-refractivity contribution < 1.29 is 19.1 Å². The van der Waals surface area contributed by atoms with Gasteiger partial charge in [-0.25, -0.2) is 4.39 Å². The van der Waals surface area contributed by atoms with Gasteiger partial charge in [0.05, 0.1) is 12.0 Å². The van der Waals surface area contributed by atoms with Gasteiger partial charge in [-0.15, -0.1) is 0 Å². The molecular formula is C14H15BrFNO3. The Labute approximate surface area is 124 Å². The fourth-order valence-corrected chi connectivity index (χ4v) is 2.83. The first-order valence-electron chi connectivity index (χ1n) is 6.47. The lowest BCUT2D eigenvalue weighted by atomic mass is 9.98. The first-order valence-corrected chi connectivity index (χ1v) is 7.26. The minimum Gasteiger partial charge on any atom is -0.481 e. The Morgan fingerprint density at radius 2 is 2.15 bits per heavy atom. The van der Waals surface area contributed by atoms with E-state index >= 15 is 0 Å². The normalized spacial score (nSPS) is 18.9. The quantitative estimate of drug-likeness (QED) is 0.917. The second-order valence-corrected chi connectivity index (χ2v) is 5.79. The molecule has 0 saturated carbocycles. The van der Waals surface area contributed by atoms with E-state index < -0.39 is 17.7 Å². The van der Waals surface area contributed by atoms with E-state index in [4.69, 9.17) is 5.11 Å². The minimum absolute atomic E-state index is 0.00881. The van der Waals surface area contributed by atoms with Crippen LogP contribution in [0.1, 0.15) is 36.0 Å². The predicted octanol–water partition coefficient (Wildman–Crippen LogP) is 3.06. The van der Waals surface area contributed by atoms with Crippen LogP contribution >= 0.6 is 15.9 Å².